The fourth-order valence-corrected chi connectivity index (χ4v) is 3.30. The van der Waals surface area contributed by atoms with Gasteiger partial charge in [0.15, 0.2) is 0 Å². The van der Waals surface area contributed by atoms with Gasteiger partial charge < -0.3 is 5.73 Å². The van der Waals surface area contributed by atoms with Crippen LogP contribution in [0, 0.1) is 6.92 Å². The van der Waals surface area contributed by atoms with Crippen molar-refractivity contribution in [2.24, 2.45) is 0 Å². The SMILES string of the molecule is Cc1cc(Br)cc(NS(=O)(=O)c2ccc(N)cc2)c1. The van der Waals surface area contributed by atoms with Crippen molar-refractivity contribution in [3.8, 4) is 0 Å². The molecule has 2 aromatic carbocycles. The second kappa shape index (κ2) is 5.22. The smallest absolute Gasteiger partial charge is 0.261 e. The van der Waals surface area contributed by atoms with E-state index < -0.39 is 10.0 Å². The Balaban J connectivity index is 2.33. The van der Waals surface area contributed by atoms with Crippen LogP contribution in [0.5, 0.6) is 0 Å². The number of sulfonamides is 1. The van der Waals surface area contributed by atoms with Crippen LogP contribution in [-0.4, -0.2) is 8.42 Å². The third-order valence-corrected chi connectivity index (χ3v) is 4.34. The second-order valence-electron chi connectivity index (χ2n) is 4.19. The Morgan fingerprint density at radius 2 is 1.74 bits per heavy atom. The van der Waals surface area contributed by atoms with E-state index in [2.05, 4.69) is 20.7 Å². The molecule has 0 spiro atoms. The van der Waals surface area contributed by atoms with Gasteiger partial charge in [-0.15, -0.1) is 0 Å². The maximum absolute atomic E-state index is 12.2. The molecule has 0 unspecified atom stereocenters. The number of nitrogens with one attached hydrogen (secondary N) is 1. The summed E-state index contributed by atoms with van der Waals surface area (Å²) in [5.41, 5.74) is 7.55. The molecule has 0 saturated carbocycles. The van der Waals surface area contributed by atoms with Gasteiger partial charge >= 0.3 is 0 Å². The highest BCUT2D eigenvalue weighted by Gasteiger charge is 2.14. The van der Waals surface area contributed by atoms with Gasteiger partial charge in [0.1, 0.15) is 0 Å². The Labute approximate surface area is 120 Å². The zero-order valence-electron chi connectivity index (χ0n) is 10.2. The molecule has 0 atom stereocenters. The minimum Gasteiger partial charge on any atom is -0.399 e. The number of rotatable bonds is 3. The number of aryl methyl sites for hydroxylation is 1. The van der Waals surface area contributed by atoms with E-state index in [1.807, 2.05) is 13.0 Å². The normalized spacial score (nSPS) is 11.3. The quantitative estimate of drug-likeness (QED) is 0.843. The van der Waals surface area contributed by atoms with Crippen molar-refractivity contribution in [2.45, 2.75) is 11.8 Å². The van der Waals surface area contributed by atoms with Crippen molar-refractivity contribution in [3.05, 3.63) is 52.5 Å². The van der Waals surface area contributed by atoms with E-state index in [-0.39, 0.29) is 4.90 Å². The first kappa shape index (κ1) is 13.9. The molecule has 0 aliphatic rings. The first-order chi connectivity index (χ1) is 8.87. The molecule has 0 amide bonds. The van der Waals surface area contributed by atoms with Gasteiger partial charge in [0.25, 0.3) is 10.0 Å². The van der Waals surface area contributed by atoms with E-state index in [0.29, 0.717) is 11.4 Å². The van der Waals surface area contributed by atoms with Gasteiger partial charge in [-0.1, -0.05) is 15.9 Å². The van der Waals surface area contributed by atoms with E-state index in [0.717, 1.165) is 10.0 Å². The van der Waals surface area contributed by atoms with E-state index in [1.54, 1.807) is 24.3 Å². The molecule has 4 nitrogen and oxygen atoms in total. The molecule has 0 aliphatic heterocycles. The third kappa shape index (κ3) is 3.48. The molecule has 0 bridgehead atoms. The van der Waals surface area contributed by atoms with E-state index in [9.17, 15) is 8.42 Å². The first-order valence-corrected chi connectivity index (χ1v) is 7.80. The molecular formula is C13H13BrN2O2S. The summed E-state index contributed by atoms with van der Waals surface area (Å²) in [5.74, 6) is 0. The van der Waals surface area contributed by atoms with Gasteiger partial charge in [-0.2, -0.15) is 0 Å². The molecule has 2 rings (SSSR count). The Hall–Kier alpha value is -1.53. The summed E-state index contributed by atoms with van der Waals surface area (Å²) in [7, 11) is -3.59. The molecule has 6 heteroatoms. The van der Waals surface area contributed by atoms with Crippen molar-refractivity contribution in [1.29, 1.82) is 0 Å². The Kier molecular flexibility index (Phi) is 3.82. The highest BCUT2D eigenvalue weighted by Crippen LogP contribution is 2.22. The summed E-state index contributed by atoms with van der Waals surface area (Å²) in [4.78, 5) is 0.180. The Morgan fingerprint density at radius 1 is 1.11 bits per heavy atom. The molecular weight excluding hydrogens is 328 g/mol. The maximum atomic E-state index is 12.2. The fourth-order valence-electron chi connectivity index (χ4n) is 1.66. The number of nitrogens with two attached hydrogens (primary N) is 1. The van der Waals surface area contributed by atoms with Gasteiger partial charge in [-0.05, 0) is 55.0 Å². The Morgan fingerprint density at radius 3 is 2.32 bits per heavy atom. The number of anilines is 2. The zero-order valence-corrected chi connectivity index (χ0v) is 12.6. The molecule has 0 fully saturated rings. The number of hydrogen-bond acceptors (Lipinski definition) is 3. The highest BCUT2D eigenvalue weighted by atomic mass is 79.9. The van der Waals surface area contributed by atoms with Crippen molar-refractivity contribution in [1.82, 2.24) is 0 Å². The summed E-state index contributed by atoms with van der Waals surface area (Å²) < 4.78 is 27.7. The predicted molar refractivity (Wildman–Crippen MR) is 80.5 cm³/mol. The largest absolute Gasteiger partial charge is 0.399 e. The standard InChI is InChI=1S/C13H13BrN2O2S/c1-9-6-10(14)8-12(7-9)16-19(17,18)13-4-2-11(15)3-5-13/h2-8,16H,15H2,1H3. The molecule has 0 heterocycles. The van der Waals surface area contributed by atoms with Crippen molar-refractivity contribution < 1.29 is 8.42 Å². The number of halogens is 1. The van der Waals surface area contributed by atoms with Crippen LogP contribution >= 0.6 is 15.9 Å². The molecule has 100 valence electrons. The summed E-state index contributed by atoms with van der Waals surface area (Å²) in [5, 5.41) is 0. The number of hydrogen-bond donors (Lipinski definition) is 2. The zero-order chi connectivity index (χ0) is 14.0. The highest BCUT2D eigenvalue weighted by molar-refractivity contribution is 9.10. The van der Waals surface area contributed by atoms with E-state index in [1.165, 1.54) is 12.1 Å². The van der Waals surface area contributed by atoms with Gasteiger partial charge in [-0.3, -0.25) is 4.72 Å². The van der Waals surface area contributed by atoms with Crippen LogP contribution in [0.1, 0.15) is 5.56 Å². The van der Waals surface area contributed by atoms with Crippen LogP contribution in [0.3, 0.4) is 0 Å². The van der Waals surface area contributed by atoms with Gasteiger partial charge in [-0.25, -0.2) is 8.42 Å². The minimum atomic E-state index is -3.59. The summed E-state index contributed by atoms with van der Waals surface area (Å²) in [6.45, 7) is 1.89. The maximum Gasteiger partial charge on any atom is 0.261 e. The van der Waals surface area contributed by atoms with Gasteiger partial charge in [0.05, 0.1) is 10.6 Å². The molecule has 2 aromatic rings. The minimum absolute atomic E-state index is 0.180. The van der Waals surface area contributed by atoms with Crippen LogP contribution in [0.2, 0.25) is 0 Å². The molecule has 19 heavy (non-hydrogen) atoms. The first-order valence-electron chi connectivity index (χ1n) is 5.52. The van der Waals surface area contributed by atoms with E-state index in [4.69, 9.17) is 5.73 Å². The van der Waals surface area contributed by atoms with Gasteiger partial charge in [0.2, 0.25) is 0 Å². The Bertz CT molecular complexity index is 677. The molecule has 0 aliphatic carbocycles. The molecule has 3 N–H and O–H groups in total. The van der Waals surface area contributed by atoms with Crippen LogP contribution < -0.4 is 10.5 Å². The molecule has 0 saturated heterocycles. The fraction of sp³-hybridized carbons (Fsp3) is 0.0769. The lowest BCUT2D eigenvalue weighted by atomic mass is 10.2. The molecule has 0 aromatic heterocycles. The topological polar surface area (TPSA) is 72.2 Å². The average Bonchev–Trinajstić information content (AvgIpc) is 2.27. The molecule has 0 radical (unpaired) electrons. The van der Waals surface area contributed by atoms with Crippen molar-refractivity contribution >= 4 is 37.3 Å². The number of benzene rings is 2. The van der Waals surface area contributed by atoms with Crippen LogP contribution in [0.15, 0.2) is 51.8 Å². The van der Waals surface area contributed by atoms with Crippen molar-refractivity contribution in [2.75, 3.05) is 10.5 Å². The number of nitrogen functional groups attached to an aromatic ring is 1. The van der Waals surface area contributed by atoms with Crippen molar-refractivity contribution in [3.63, 3.8) is 0 Å². The van der Waals surface area contributed by atoms with Crippen LogP contribution in [0.4, 0.5) is 11.4 Å². The summed E-state index contributed by atoms with van der Waals surface area (Å²) >= 11 is 3.33. The third-order valence-electron chi connectivity index (χ3n) is 2.48. The lowest BCUT2D eigenvalue weighted by Crippen LogP contribution is -2.13. The van der Waals surface area contributed by atoms with E-state index >= 15 is 0 Å². The van der Waals surface area contributed by atoms with Gasteiger partial charge in [0, 0.05) is 10.2 Å². The van der Waals surface area contributed by atoms with Crippen LogP contribution in [0.25, 0.3) is 0 Å². The lowest BCUT2D eigenvalue weighted by Gasteiger charge is -2.09. The second-order valence-corrected chi connectivity index (χ2v) is 6.79. The monoisotopic (exact) mass is 340 g/mol. The summed E-state index contributed by atoms with van der Waals surface area (Å²) in [6.07, 6.45) is 0. The lowest BCUT2D eigenvalue weighted by molar-refractivity contribution is 0.601. The summed E-state index contributed by atoms with van der Waals surface area (Å²) in [6, 6.07) is 11.4. The predicted octanol–water partition coefficient (Wildman–Crippen LogP) is 3.14. The van der Waals surface area contributed by atoms with Crippen LogP contribution in [-0.2, 0) is 10.0 Å². The average molecular weight is 341 g/mol.